The van der Waals surface area contributed by atoms with Gasteiger partial charge in [0.15, 0.2) is 0 Å². The summed E-state index contributed by atoms with van der Waals surface area (Å²) in [5.41, 5.74) is 4.13. The van der Waals surface area contributed by atoms with Gasteiger partial charge in [-0.1, -0.05) is 49.7 Å². The minimum absolute atomic E-state index is 0.541. The van der Waals surface area contributed by atoms with E-state index in [4.69, 9.17) is 11.6 Å². The number of hydrogen-bond donors (Lipinski definition) is 1. The average Bonchev–Trinajstić information content (AvgIpc) is 2.94. The van der Waals surface area contributed by atoms with E-state index in [-0.39, 0.29) is 0 Å². The van der Waals surface area contributed by atoms with Crippen LogP contribution in [0.15, 0.2) is 24.3 Å². The molecule has 0 atom stereocenters. The van der Waals surface area contributed by atoms with Crippen molar-refractivity contribution in [3.05, 3.63) is 51.8 Å². The molecule has 0 bridgehead atoms. The molecule has 3 aromatic rings. The molecule has 23 heavy (non-hydrogen) atoms. The molecule has 2 aromatic heterocycles. The van der Waals surface area contributed by atoms with Crippen LogP contribution in [-0.2, 0) is 6.54 Å². The van der Waals surface area contributed by atoms with E-state index in [1.807, 2.05) is 13.8 Å². The number of aromatic nitrogens is 4. The highest BCUT2D eigenvalue weighted by Gasteiger charge is 2.11. The SMILES string of the molecule is Cc1nc2nc(NCc3ccc(C(C)C)cc3)nn2c(C)c1Cl. The van der Waals surface area contributed by atoms with E-state index in [0.29, 0.717) is 29.2 Å². The number of fused-ring (bicyclic) bond motifs is 1. The average molecular weight is 330 g/mol. The lowest BCUT2D eigenvalue weighted by molar-refractivity contribution is 0.864. The third-order valence-corrected chi connectivity index (χ3v) is 4.45. The molecule has 1 N–H and O–H groups in total. The van der Waals surface area contributed by atoms with Gasteiger partial charge in [0.1, 0.15) is 0 Å². The molecule has 0 spiro atoms. The molecular weight excluding hydrogens is 310 g/mol. The molecule has 0 amide bonds. The summed E-state index contributed by atoms with van der Waals surface area (Å²) in [7, 11) is 0. The molecule has 0 unspecified atom stereocenters. The van der Waals surface area contributed by atoms with Crippen LogP contribution in [-0.4, -0.2) is 19.6 Å². The molecule has 0 saturated heterocycles. The lowest BCUT2D eigenvalue weighted by Gasteiger charge is -2.07. The topological polar surface area (TPSA) is 55.1 Å². The summed E-state index contributed by atoms with van der Waals surface area (Å²) in [6.45, 7) is 8.83. The Bertz CT molecular complexity index is 836. The van der Waals surface area contributed by atoms with Crippen LogP contribution in [0.25, 0.3) is 5.78 Å². The van der Waals surface area contributed by atoms with Crippen molar-refractivity contribution in [2.45, 2.75) is 40.2 Å². The minimum Gasteiger partial charge on any atom is -0.349 e. The first-order valence-electron chi connectivity index (χ1n) is 7.68. The van der Waals surface area contributed by atoms with Gasteiger partial charge in [-0.15, -0.1) is 5.10 Å². The van der Waals surface area contributed by atoms with Crippen LogP contribution < -0.4 is 5.32 Å². The van der Waals surface area contributed by atoms with Gasteiger partial charge < -0.3 is 5.32 Å². The van der Waals surface area contributed by atoms with E-state index in [1.165, 1.54) is 11.1 Å². The number of anilines is 1. The first kappa shape index (κ1) is 15.7. The van der Waals surface area contributed by atoms with Crippen molar-refractivity contribution in [1.82, 2.24) is 19.6 Å². The fourth-order valence-corrected chi connectivity index (χ4v) is 2.55. The quantitative estimate of drug-likeness (QED) is 0.782. The van der Waals surface area contributed by atoms with Crippen molar-refractivity contribution >= 4 is 23.3 Å². The van der Waals surface area contributed by atoms with Crippen LogP contribution in [0, 0.1) is 13.8 Å². The zero-order chi connectivity index (χ0) is 16.6. The Kier molecular flexibility index (Phi) is 4.22. The second-order valence-corrected chi connectivity index (χ2v) is 6.37. The maximum atomic E-state index is 6.21. The van der Waals surface area contributed by atoms with Crippen LogP contribution in [0.4, 0.5) is 5.95 Å². The fourth-order valence-electron chi connectivity index (χ4n) is 2.43. The van der Waals surface area contributed by atoms with Crippen molar-refractivity contribution in [3.8, 4) is 0 Å². The molecule has 0 radical (unpaired) electrons. The Hall–Kier alpha value is -2.14. The molecule has 5 nitrogen and oxygen atoms in total. The van der Waals surface area contributed by atoms with Gasteiger partial charge in [0.05, 0.1) is 16.4 Å². The third-order valence-electron chi connectivity index (χ3n) is 3.91. The number of halogens is 1. The fraction of sp³-hybridized carbons (Fsp3) is 0.353. The highest BCUT2D eigenvalue weighted by molar-refractivity contribution is 6.31. The van der Waals surface area contributed by atoms with Gasteiger partial charge in [0.2, 0.25) is 5.95 Å². The molecule has 0 aliphatic heterocycles. The van der Waals surface area contributed by atoms with Crippen molar-refractivity contribution in [2.24, 2.45) is 0 Å². The van der Waals surface area contributed by atoms with Crippen LogP contribution in [0.2, 0.25) is 5.02 Å². The van der Waals surface area contributed by atoms with Gasteiger partial charge >= 0.3 is 0 Å². The van der Waals surface area contributed by atoms with Crippen LogP contribution in [0.3, 0.4) is 0 Å². The number of benzene rings is 1. The number of nitrogens with one attached hydrogen (secondary N) is 1. The summed E-state index contributed by atoms with van der Waals surface area (Å²) in [6, 6.07) is 8.58. The monoisotopic (exact) mass is 329 g/mol. The van der Waals surface area contributed by atoms with Crippen LogP contribution >= 0.6 is 11.6 Å². The second kappa shape index (κ2) is 6.16. The Morgan fingerprint density at radius 2 is 1.83 bits per heavy atom. The first-order valence-corrected chi connectivity index (χ1v) is 8.05. The van der Waals surface area contributed by atoms with Gasteiger partial charge in [-0.25, -0.2) is 4.98 Å². The molecule has 3 rings (SSSR count). The van der Waals surface area contributed by atoms with Gasteiger partial charge in [-0.3, -0.25) is 0 Å². The van der Waals surface area contributed by atoms with Crippen molar-refractivity contribution in [1.29, 1.82) is 0 Å². The van der Waals surface area contributed by atoms with Gasteiger partial charge in [0.25, 0.3) is 5.78 Å². The van der Waals surface area contributed by atoms with Gasteiger partial charge in [-0.2, -0.15) is 9.50 Å². The molecule has 1 aromatic carbocycles. The Morgan fingerprint density at radius 1 is 1.13 bits per heavy atom. The number of rotatable bonds is 4. The van der Waals surface area contributed by atoms with Crippen molar-refractivity contribution < 1.29 is 0 Å². The number of aryl methyl sites for hydroxylation is 2. The maximum Gasteiger partial charge on any atom is 0.254 e. The lowest BCUT2D eigenvalue weighted by atomic mass is 10.0. The summed E-state index contributed by atoms with van der Waals surface area (Å²) < 4.78 is 1.67. The number of nitrogens with zero attached hydrogens (tertiary/aromatic N) is 4. The first-order chi connectivity index (χ1) is 11.0. The molecule has 120 valence electrons. The smallest absolute Gasteiger partial charge is 0.254 e. The largest absolute Gasteiger partial charge is 0.349 e. The zero-order valence-electron chi connectivity index (χ0n) is 13.8. The summed E-state index contributed by atoms with van der Waals surface area (Å²) in [6.07, 6.45) is 0. The summed E-state index contributed by atoms with van der Waals surface area (Å²) in [4.78, 5) is 8.77. The van der Waals surface area contributed by atoms with E-state index < -0.39 is 0 Å². The summed E-state index contributed by atoms with van der Waals surface area (Å²) >= 11 is 6.21. The normalized spacial score (nSPS) is 11.4. The Morgan fingerprint density at radius 3 is 2.48 bits per heavy atom. The maximum absolute atomic E-state index is 6.21. The molecule has 0 aliphatic carbocycles. The Labute approximate surface area is 140 Å². The molecule has 6 heteroatoms. The highest BCUT2D eigenvalue weighted by Crippen LogP contribution is 2.20. The zero-order valence-corrected chi connectivity index (χ0v) is 14.5. The molecule has 0 aliphatic rings. The van der Waals surface area contributed by atoms with Crippen molar-refractivity contribution in [2.75, 3.05) is 5.32 Å². The number of hydrogen-bond acceptors (Lipinski definition) is 4. The van der Waals surface area contributed by atoms with E-state index >= 15 is 0 Å². The third kappa shape index (κ3) is 3.15. The van der Waals surface area contributed by atoms with Gasteiger partial charge in [0, 0.05) is 6.54 Å². The molecule has 2 heterocycles. The van der Waals surface area contributed by atoms with Crippen LogP contribution in [0.5, 0.6) is 0 Å². The van der Waals surface area contributed by atoms with Gasteiger partial charge in [-0.05, 0) is 30.9 Å². The second-order valence-electron chi connectivity index (χ2n) is 5.99. The van der Waals surface area contributed by atoms with E-state index in [0.717, 1.165) is 11.4 Å². The lowest BCUT2D eigenvalue weighted by Crippen LogP contribution is -2.02. The highest BCUT2D eigenvalue weighted by atomic mass is 35.5. The molecular formula is C17H20ClN5. The van der Waals surface area contributed by atoms with E-state index in [2.05, 4.69) is 58.5 Å². The summed E-state index contributed by atoms with van der Waals surface area (Å²) in [5.74, 6) is 1.65. The standard InChI is InChI=1S/C17H20ClN5/c1-10(2)14-7-5-13(6-8-14)9-19-16-21-17-20-11(3)15(18)12(4)23(17)22-16/h5-8,10H,9H2,1-4H3,(H,19,22). The van der Waals surface area contributed by atoms with Crippen LogP contribution in [0.1, 0.15) is 42.3 Å². The van der Waals surface area contributed by atoms with E-state index in [1.54, 1.807) is 4.52 Å². The predicted molar refractivity (Wildman–Crippen MR) is 93.1 cm³/mol. The molecule has 0 saturated carbocycles. The van der Waals surface area contributed by atoms with E-state index in [9.17, 15) is 0 Å². The Balaban J connectivity index is 1.78. The molecule has 0 fully saturated rings. The predicted octanol–water partition coefficient (Wildman–Crippen LogP) is 4.13. The summed E-state index contributed by atoms with van der Waals surface area (Å²) in [5, 5.41) is 8.28. The van der Waals surface area contributed by atoms with Crippen molar-refractivity contribution in [3.63, 3.8) is 0 Å². The minimum atomic E-state index is 0.541.